The Balaban J connectivity index is 1.43. The van der Waals surface area contributed by atoms with E-state index < -0.39 is 0 Å². The summed E-state index contributed by atoms with van der Waals surface area (Å²) < 4.78 is 0. The van der Waals surface area contributed by atoms with Gasteiger partial charge < -0.3 is 15.1 Å². The van der Waals surface area contributed by atoms with Crippen molar-refractivity contribution in [3.63, 3.8) is 0 Å². The van der Waals surface area contributed by atoms with E-state index in [0.717, 1.165) is 50.2 Å². The average molecular weight is 389 g/mol. The molecule has 0 atom stereocenters. The number of hydrogen-bond acceptors (Lipinski definition) is 6. The van der Waals surface area contributed by atoms with Crippen molar-refractivity contribution in [2.75, 3.05) is 41.3 Å². The van der Waals surface area contributed by atoms with Crippen LogP contribution in [0.4, 0.5) is 17.5 Å². The van der Waals surface area contributed by atoms with E-state index in [-0.39, 0.29) is 0 Å². The second-order valence-corrected chi connectivity index (χ2v) is 7.60. The zero-order valence-corrected chi connectivity index (χ0v) is 17.4. The van der Waals surface area contributed by atoms with Crippen molar-refractivity contribution in [2.24, 2.45) is 0 Å². The topological polar surface area (TPSA) is 57.2 Å². The molecule has 1 N–H and O–H groups in total. The first-order valence-electron chi connectivity index (χ1n) is 10.1. The summed E-state index contributed by atoms with van der Waals surface area (Å²) in [5, 5.41) is 3.41. The number of aryl methyl sites for hydroxylation is 2. The van der Waals surface area contributed by atoms with Crippen LogP contribution in [0.15, 0.2) is 48.8 Å². The number of piperazine rings is 1. The molecule has 0 unspecified atom stereocenters. The Hall–Kier alpha value is -3.15. The SMILES string of the molecule is Cc1cc(NCc2ccncc2)nc(N2CCN(c3cccc(C)c3C)CC2)n1. The molecule has 2 aromatic heterocycles. The minimum absolute atomic E-state index is 0.721. The van der Waals surface area contributed by atoms with E-state index in [4.69, 9.17) is 4.98 Å². The largest absolute Gasteiger partial charge is 0.368 e. The molecule has 1 aliphatic heterocycles. The Bertz CT molecular complexity index is 964. The first-order valence-corrected chi connectivity index (χ1v) is 10.1. The van der Waals surface area contributed by atoms with Crippen molar-refractivity contribution in [1.82, 2.24) is 15.0 Å². The normalized spacial score (nSPS) is 14.2. The lowest BCUT2D eigenvalue weighted by molar-refractivity contribution is 0.638. The van der Waals surface area contributed by atoms with Crippen molar-refractivity contribution in [3.05, 3.63) is 71.2 Å². The van der Waals surface area contributed by atoms with Crippen molar-refractivity contribution in [1.29, 1.82) is 0 Å². The summed E-state index contributed by atoms with van der Waals surface area (Å²) in [5.41, 5.74) is 6.21. The van der Waals surface area contributed by atoms with E-state index in [1.165, 1.54) is 22.4 Å². The van der Waals surface area contributed by atoms with Gasteiger partial charge in [-0.25, -0.2) is 4.98 Å². The molecule has 0 radical (unpaired) electrons. The van der Waals surface area contributed by atoms with Crippen LogP contribution in [0.25, 0.3) is 0 Å². The predicted molar refractivity (Wildman–Crippen MR) is 119 cm³/mol. The van der Waals surface area contributed by atoms with Crippen molar-refractivity contribution < 1.29 is 0 Å². The summed E-state index contributed by atoms with van der Waals surface area (Å²) in [6.45, 7) is 10.9. The van der Waals surface area contributed by atoms with Gasteiger partial charge in [-0.3, -0.25) is 4.98 Å². The zero-order chi connectivity index (χ0) is 20.2. The third-order valence-corrected chi connectivity index (χ3v) is 5.54. The van der Waals surface area contributed by atoms with Crippen LogP contribution in [0.1, 0.15) is 22.4 Å². The number of aromatic nitrogens is 3. The number of hydrogen-bond donors (Lipinski definition) is 1. The van der Waals surface area contributed by atoms with Gasteiger partial charge in [-0.1, -0.05) is 12.1 Å². The molecule has 4 rings (SSSR count). The number of nitrogens with zero attached hydrogens (tertiary/aromatic N) is 5. The number of benzene rings is 1. The van der Waals surface area contributed by atoms with Gasteiger partial charge >= 0.3 is 0 Å². The highest BCUT2D eigenvalue weighted by molar-refractivity contribution is 5.57. The maximum atomic E-state index is 4.77. The summed E-state index contributed by atoms with van der Waals surface area (Å²) in [7, 11) is 0. The van der Waals surface area contributed by atoms with Crippen LogP contribution >= 0.6 is 0 Å². The smallest absolute Gasteiger partial charge is 0.227 e. The molecule has 1 fully saturated rings. The summed E-state index contributed by atoms with van der Waals surface area (Å²) in [4.78, 5) is 18.3. The van der Waals surface area contributed by atoms with Crippen molar-refractivity contribution in [3.8, 4) is 0 Å². The van der Waals surface area contributed by atoms with Gasteiger partial charge in [-0.05, 0) is 55.7 Å². The van der Waals surface area contributed by atoms with E-state index >= 15 is 0 Å². The number of anilines is 3. The molecular weight excluding hydrogens is 360 g/mol. The van der Waals surface area contributed by atoms with Crippen LogP contribution in [0, 0.1) is 20.8 Å². The van der Waals surface area contributed by atoms with E-state index in [9.17, 15) is 0 Å². The number of rotatable bonds is 5. The second-order valence-electron chi connectivity index (χ2n) is 7.60. The van der Waals surface area contributed by atoms with Gasteiger partial charge in [0.2, 0.25) is 5.95 Å². The van der Waals surface area contributed by atoms with E-state index in [1.807, 2.05) is 37.5 Å². The van der Waals surface area contributed by atoms with Crippen molar-refractivity contribution >= 4 is 17.5 Å². The quantitative estimate of drug-likeness (QED) is 0.719. The lowest BCUT2D eigenvalue weighted by Crippen LogP contribution is -2.47. The molecule has 0 saturated carbocycles. The minimum atomic E-state index is 0.721. The highest BCUT2D eigenvalue weighted by Crippen LogP contribution is 2.25. The third kappa shape index (κ3) is 4.47. The molecule has 6 heteroatoms. The van der Waals surface area contributed by atoms with E-state index in [2.05, 4.69) is 57.1 Å². The fourth-order valence-electron chi connectivity index (χ4n) is 3.70. The molecule has 0 amide bonds. The molecule has 0 aliphatic carbocycles. The summed E-state index contributed by atoms with van der Waals surface area (Å²) in [5.74, 6) is 1.67. The summed E-state index contributed by atoms with van der Waals surface area (Å²) in [6.07, 6.45) is 3.62. The maximum Gasteiger partial charge on any atom is 0.227 e. The second kappa shape index (κ2) is 8.47. The van der Waals surface area contributed by atoms with Crippen LogP contribution < -0.4 is 15.1 Å². The van der Waals surface area contributed by atoms with Crippen LogP contribution in [0.3, 0.4) is 0 Å². The van der Waals surface area contributed by atoms with Crippen molar-refractivity contribution in [2.45, 2.75) is 27.3 Å². The van der Waals surface area contributed by atoms with E-state index in [1.54, 1.807) is 0 Å². The van der Waals surface area contributed by atoms with Gasteiger partial charge in [-0.15, -0.1) is 0 Å². The molecule has 0 spiro atoms. The lowest BCUT2D eigenvalue weighted by Gasteiger charge is -2.37. The van der Waals surface area contributed by atoms with Gasteiger partial charge in [0.15, 0.2) is 0 Å². The predicted octanol–water partition coefficient (Wildman–Crippen LogP) is 3.74. The summed E-state index contributed by atoms with van der Waals surface area (Å²) >= 11 is 0. The number of nitrogens with one attached hydrogen (secondary N) is 1. The highest BCUT2D eigenvalue weighted by Gasteiger charge is 2.21. The molecule has 1 saturated heterocycles. The molecule has 6 nitrogen and oxygen atoms in total. The zero-order valence-electron chi connectivity index (χ0n) is 17.4. The Morgan fingerprint density at radius 3 is 2.38 bits per heavy atom. The number of pyridine rings is 1. The highest BCUT2D eigenvalue weighted by atomic mass is 15.3. The summed E-state index contributed by atoms with van der Waals surface area (Å²) in [6, 6.07) is 12.6. The maximum absolute atomic E-state index is 4.77. The third-order valence-electron chi connectivity index (χ3n) is 5.54. The van der Waals surface area contributed by atoms with Gasteiger partial charge in [0, 0.05) is 62.6 Å². The first-order chi connectivity index (χ1) is 14.1. The van der Waals surface area contributed by atoms with Crippen LogP contribution in [-0.4, -0.2) is 41.1 Å². The molecule has 3 heterocycles. The van der Waals surface area contributed by atoms with Gasteiger partial charge in [0.1, 0.15) is 5.82 Å². The fraction of sp³-hybridized carbons (Fsp3) is 0.348. The minimum Gasteiger partial charge on any atom is -0.368 e. The first kappa shape index (κ1) is 19.2. The fourth-order valence-corrected chi connectivity index (χ4v) is 3.70. The molecule has 1 aliphatic rings. The Morgan fingerprint density at radius 1 is 0.897 bits per heavy atom. The molecule has 3 aromatic rings. The Morgan fingerprint density at radius 2 is 1.62 bits per heavy atom. The Kier molecular flexibility index (Phi) is 5.60. The van der Waals surface area contributed by atoms with E-state index in [0.29, 0.717) is 0 Å². The van der Waals surface area contributed by atoms with Gasteiger partial charge in [-0.2, -0.15) is 4.98 Å². The molecule has 1 aromatic carbocycles. The standard InChI is InChI=1S/C23H28N6/c1-17-5-4-6-21(19(17)3)28-11-13-29(14-12-28)23-26-18(2)15-22(27-23)25-16-20-7-9-24-10-8-20/h4-10,15H,11-14,16H2,1-3H3,(H,25,26,27). The van der Waals surface area contributed by atoms with Gasteiger partial charge in [0.25, 0.3) is 0 Å². The van der Waals surface area contributed by atoms with Gasteiger partial charge in [0.05, 0.1) is 0 Å². The monoisotopic (exact) mass is 388 g/mol. The lowest BCUT2D eigenvalue weighted by atomic mass is 10.1. The molecule has 29 heavy (non-hydrogen) atoms. The van der Waals surface area contributed by atoms with Crippen LogP contribution in [0.5, 0.6) is 0 Å². The Labute approximate surface area is 172 Å². The van der Waals surface area contributed by atoms with Crippen LogP contribution in [-0.2, 0) is 6.54 Å². The molecular formula is C23H28N6. The molecule has 150 valence electrons. The van der Waals surface area contributed by atoms with Crippen LogP contribution in [0.2, 0.25) is 0 Å². The average Bonchev–Trinajstić information content (AvgIpc) is 2.75. The molecule has 0 bridgehead atoms.